The average molecular weight is 310 g/mol. The van der Waals surface area contributed by atoms with Gasteiger partial charge in [0.15, 0.2) is 0 Å². The minimum Gasteiger partial charge on any atom is -0.303 e. The van der Waals surface area contributed by atoms with Gasteiger partial charge in [0.2, 0.25) is 10.0 Å². The molecule has 1 aromatic rings. The molecule has 1 saturated heterocycles. The highest BCUT2D eigenvalue weighted by Gasteiger charge is 2.22. The molecule has 21 heavy (non-hydrogen) atoms. The zero-order chi connectivity index (χ0) is 15.3. The number of nitrogens with zero attached hydrogens (tertiary/aromatic N) is 1. The molecule has 4 nitrogen and oxygen atoms in total. The van der Waals surface area contributed by atoms with Gasteiger partial charge in [-0.2, -0.15) is 0 Å². The van der Waals surface area contributed by atoms with E-state index in [0.29, 0.717) is 23.3 Å². The summed E-state index contributed by atoms with van der Waals surface area (Å²) in [6.07, 6.45) is 2.15. The Kier molecular flexibility index (Phi) is 5.79. The number of piperidine rings is 1. The molecule has 0 spiro atoms. The van der Waals surface area contributed by atoms with E-state index in [2.05, 4.69) is 23.5 Å². The molecule has 0 bridgehead atoms. The Morgan fingerprint density at radius 3 is 2.38 bits per heavy atom. The summed E-state index contributed by atoms with van der Waals surface area (Å²) in [6.45, 7) is 8.32. The fraction of sp³-hybridized carbons (Fsp3) is 0.625. The van der Waals surface area contributed by atoms with Crippen molar-refractivity contribution in [2.24, 2.45) is 11.8 Å². The number of nitrogens with one attached hydrogen (secondary N) is 1. The lowest BCUT2D eigenvalue weighted by molar-refractivity contribution is 0.169. The molecule has 5 heteroatoms. The summed E-state index contributed by atoms with van der Waals surface area (Å²) in [5, 5.41) is 0. The maximum Gasteiger partial charge on any atom is 0.240 e. The molecule has 1 N–H and O–H groups in total. The Balaban J connectivity index is 1.80. The van der Waals surface area contributed by atoms with Gasteiger partial charge in [0, 0.05) is 13.1 Å². The first-order valence-electron chi connectivity index (χ1n) is 7.74. The lowest BCUT2D eigenvalue weighted by Gasteiger charge is -2.32. The van der Waals surface area contributed by atoms with Crippen molar-refractivity contribution in [2.45, 2.75) is 31.6 Å². The molecule has 1 aliphatic rings. The maximum atomic E-state index is 12.2. The highest BCUT2D eigenvalue weighted by atomic mass is 32.2. The third kappa shape index (κ3) is 5.09. The number of benzene rings is 1. The second-order valence-corrected chi connectivity index (χ2v) is 8.07. The molecule has 0 aliphatic carbocycles. The van der Waals surface area contributed by atoms with Crippen LogP contribution in [0.5, 0.6) is 0 Å². The Bertz CT molecular complexity index is 520. The second kappa shape index (κ2) is 7.38. The van der Waals surface area contributed by atoms with Crippen molar-refractivity contribution < 1.29 is 8.42 Å². The van der Waals surface area contributed by atoms with E-state index in [1.165, 1.54) is 0 Å². The minimum atomic E-state index is -3.36. The first-order chi connectivity index (χ1) is 9.97. The summed E-state index contributed by atoms with van der Waals surface area (Å²) < 4.78 is 27.1. The highest BCUT2D eigenvalue weighted by molar-refractivity contribution is 7.89. The van der Waals surface area contributed by atoms with E-state index in [4.69, 9.17) is 0 Å². The number of rotatable bonds is 6. The van der Waals surface area contributed by atoms with Crippen molar-refractivity contribution >= 4 is 10.0 Å². The maximum absolute atomic E-state index is 12.2. The Morgan fingerprint density at radius 2 is 1.81 bits per heavy atom. The van der Waals surface area contributed by atoms with Gasteiger partial charge in [0.05, 0.1) is 4.90 Å². The molecular formula is C16H26N2O2S. The fourth-order valence-electron chi connectivity index (χ4n) is 2.80. The molecule has 2 rings (SSSR count). The van der Waals surface area contributed by atoms with Crippen LogP contribution < -0.4 is 4.72 Å². The van der Waals surface area contributed by atoms with Crippen molar-refractivity contribution in [2.75, 3.05) is 26.2 Å². The number of likely N-dealkylation sites (tertiary alicyclic amines) is 1. The quantitative estimate of drug-likeness (QED) is 0.877. The molecule has 1 heterocycles. The van der Waals surface area contributed by atoms with Gasteiger partial charge in [0.1, 0.15) is 0 Å². The number of sulfonamides is 1. The van der Waals surface area contributed by atoms with Crippen molar-refractivity contribution in [3.8, 4) is 0 Å². The normalized spacial score (nSPS) is 18.2. The number of hydrogen-bond acceptors (Lipinski definition) is 3. The van der Waals surface area contributed by atoms with Crippen LogP contribution in [0.3, 0.4) is 0 Å². The zero-order valence-corrected chi connectivity index (χ0v) is 13.8. The monoisotopic (exact) mass is 310 g/mol. The van der Waals surface area contributed by atoms with E-state index < -0.39 is 10.0 Å². The Morgan fingerprint density at radius 1 is 1.19 bits per heavy atom. The van der Waals surface area contributed by atoms with Crippen LogP contribution in [0, 0.1) is 11.8 Å². The van der Waals surface area contributed by atoms with Crippen molar-refractivity contribution in [3.05, 3.63) is 30.3 Å². The van der Waals surface area contributed by atoms with Gasteiger partial charge in [-0.1, -0.05) is 32.0 Å². The van der Waals surface area contributed by atoms with Crippen molar-refractivity contribution in [1.29, 1.82) is 0 Å². The first-order valence-corrected chi connectivity index (χ1v) is 9.23. The smallest absolute Gasteiger partial charge is 0.240 e. The predicted octanol–water partition coefficient (Wildman–Crippen LogP) is 2.33. The second-order valence-electron chi connectivity index (χ2n) is 6.30. The fourth-order valence-corrected chi connectivity index (χ4v) is 3.94. The van der Waals surface area contributed by atoms with Crippen molar-refractivity contribution in [1.82, 2.24) is 9.62 Å². The van der Waals surface area contributed by atoms with Crippen LogP contribution in [0.4, 0.5) is 0 Å². The van der Waals surface area contributed by atoms with E-state index in [1.807, 2.05) is 6.07 Å². The molecule has 0 unspecified atom stereocenters. The number of hydrogen-bond donors (Lipinski definition) is 1. The van der Waals surface area contributed by atoms with E-state index >= 15 is 0 Å². The summed E-state index contributed by atoms with van der Waals surface area (Å²) in [5.74, 6) is 1.14. The lowest BCUT2D eigenvalue weighted by Crippen LogP contribution is -2.40. The van der Waals surface area contributed by atoms with Gasteiger partial charge in [-0.25, -0.2) is 13.1 Å². The molecule has 1 fully saturated rings. The topological polar surface area (TPSA) is 49.4 Å². The van der Waals surface area contributed by atoms with Gasteiger partial charge in [-0.3, -0.25) is 0 Å². The summed E-state index contributed by atoms with van der Waals surface area (Å²) in [6, 6.07) is 8.59. The van der Waals surface area contributed by atoms with Crippen LogP contribution in [-0.4, -0.2) is 39.5 Å². The van der Waals surface area contributed by atoms with Crippen LogP contribution >= 0.6 is 0 Å². The van der Waals surface area contributed by atoms with Crippen LogP contribution in [0.15, 0.2) is 35.2 Å². The Hall–Kier alpha value is -0.910. The molecular weight excluding hydrogens is 284 g/mol. The molecule has 0 atom stereocenters. The largest absolute Gasteiger partial charge is 0.303 e. The van der Waals surface area contributed by atoms with E-state index in [9.17, 15) is 8.42 Å². The van der Waals surface area contributed by atoms with Crippen LogP contribution in [0.1, 0.15) is 26.7 Å². The highest BCUT2D eigenvalue weighted by Crippen LogP contribution is 2.18. The third-order valence-corrected chi connectivity index (χ3v) is 5.39. The van der Waals surface area contributed by atoms with Crippen LogP contribution in [0.25, 0.3) is 0 Å². The molecule has 0 saturated carbocycles. The van der Waals surface area contributed by atoms with Gasteiger partial charge in [0.25, 0.3) is 0 Å². The third-order valence-electron chi connectivity index (χ3n) is 3.95. The summed E-state index contributed by atoms with van der Waals surface area (Å²) in [7, 11) is -3.36. The van der Waals surface area contributed by atoms with Gasteiger partial charge < -0.3 is 4.90 Å². The van der Waals surface area contributed by atoms with Gasteiger partial charge in [-0.15, -0.1) is 0 Å². The lowest BCUT2D eigenvalue weighted by atomic mass is 9.96. The molecule has 0 amide bonds. The summed E-state index contributed by atoms with van der Waals surface area (Å²) in [5.41, 5.74) is 0. The standard InChI is InChI=1S/C16H26N2O2S/c1-14(2)13-18-10-8-15(9-11-18)12-17-21(19,20)16-6-4-3-5-7-16/h3-7,14-15,17H,8-13H2,1-2H3. The van der Waals surface area contributed by atoms with Crippen LogP contribution in [0.2, 0.25) is 0 Å². The van der Waals surface area contributed by atoms with E-state index in [1.54, 1.807) is 24.3 Å². The molecule has 1 aromatic carbocycles. The van der Waals surface area contributed by atoms with Crippen LogP contribution in [-0.2, 0) is 10.0 Å². The first kappa shape index (κ1) is 16.5. The molecule has 0 radical (unpaired) electrons. The SMILES string of the molecule is CC(C)CN1CCC(CNS(=O)(=O)c2ccccc2)CC1. The molecule has 0 aromatic heterocycles. The predicted molar refractivity (Wildman–Crippen MR) is 85.6 cm³/mol. The van der Waals surface area contributed by atoms with Gasteiger partial charge in [-0.05, 0) is 49.9 Å². The van der Waals surface area contributed by atoms with Gasteiger partial charge >= 0.3 is 0 Å². The summed E-state index contributed by atoms with van der Waals surface area (Å²) in [4.78, 5) is 2.83. The van der Waals surface area contributed by atoms with E-state index in [-0.39, 0.29) is 0 Å². The minimum absolute atomic E-state index is 0.349. The molecule has 118 valence electrons. The molecule has 1 aliphatic heterocycles. The zero-order valence-electron chi connectivity index (χ0n) is 13.0. The average Bonchev–Trinajstić information content (AvgIpc) is 2.47. The Labute approximate surface area is 128 Å². The van der Waals surface area contributed by atoms with Crippen molar-refractivity contribution in [3.63, 3.8) is 0 Å². The van der Waals surface area contributed by atoms with E-state index in [0.717, 1.165) is 32.5 Å². The summed E-state index contributed by atoms with van der Waals surface area (Å²) >= 11 is 0.